The highest BCUT2D eigenvalue weighted by Crippen LogP contribution is 2.31. The SMILES string of the molecule is CC1CCC(C(=O)O)C(OCCOC(C)C)C1. The zero-order valence-corrected chi connectivity index (χ0v) is 11.0. The van der Waals surface area contributed by atoms with Crippen molar-refractivity contribution in [2.75, 3.05) is 13.2 Å². The van der Waals surface area contributed by atoms with Gasteiger partial charge in [0.2, 0.25) is 0 Å². The normalized spacial score (nSPS) is 29.5. The van der Waals surface area contributed by atoms with Crippen LogP contribution < -0.4 is 0 Å². The van der Waals surface area contributed by atoms with Gasteiger partial charge in [0.15, 0.2) is 0 Å². The van der Waals surface area contributed by atoms with Gasteiger partial charge >= 0.3 is 5.97 Å². The molecule has 0 aromatic heterocycles. The van der Waals surface area contributed by atoms with Crippen LogP contribution in [-0.4, -0.2) is 36.5 Å². The van der Waals surface area contributed by atoms with Crippen molar-refractivity contribution in [1.29, 1.82) is 0 Å². The molecule has 0 aromatic carbocycles. The molecular weight excluding hydrogens is 220 g/mol. The second kappa shape index (κ2) is 6.97. The minimum Gasteiger partial charge on any atom is -0.481 e. The summed E-state index contributed by atoms with van der Waals surface area (Å²) in [7, 11) is 0. The molecule has 3 atom stereocenters. The van der Waals surface area contributed by atoms with Crippen LogP contribution in [0.1, 0.15) is 40.0 Å². The van der Waals surface area contributed by atoms with E-state index in [9.17, 15) is 4.79 Å². The molecule has 1 rings (SSSR count). The minimum absolute atomic E-state index is 0.146. The van der Waals surface area contributed by atoms with Gasteiger partial charge in [-0.1, -0.05) is 6.92 Å². The third kappa shape index (κ3) is 5.04. The Balaban J connectivity index is 2.33. The van der Waals surface area contributed by atoms with Crippen molar-refractivity contribution in [3.05, 3.63) is 0 Å². The number of carboxylic acids is 1. The Morgan fingerprint density at radius 3 is 2.65 bits per heavy atom. The third-order valence-corrected chi connectivity index (χ3v) is 3.24. The lowest BCUT2D eigenvalue weighted by Gasteiger charge is -2.32. The molecule has 0 spiro atoms. The van der Waals surface area contributed by atoms with Crippen LogP contribution in [0.25, 0.3) is 0 Å². The summed E-state index contributed by atoms with van der Waals surface area (Å²) in [6.07, 6.45) is 2.61. The van der Waals surface area contributed by atoms with E-state index in [1.54, 1.807) is 0 Å². The van der Waals surface area contributed by atoms with Crippen molar-refractivity contribution in [2.24, 2.45) is 11.8 Å². The van der Waals surface area contributed by atoms with E-state index < -0.39 is 5.97 Å². The molecule has 1 aliphatic carbocycles. The van der Waals surface area contributed by atoms with Gasteiger partial charge < -0.3 is 14.6 Å². The number of carbonyl (C=O) groups is 1. The van der Waals surface area contributed by atoms with Crippen molar-refractivity contribution in [3.8, 4) is 0 Å². The molecule has 0 bridgehead atoms. The molecule has 0 amide bonds. The topological polar surface area (TPSA) is 55.8 Å². The Labute approximate surface area is 103 Å². The molecule has 4 nitrogen and oxygen atoms in total. The van der Waals surface area contributed by atoms with E-state index in [4.69, 9.17) is 14.6 Å². The first-order valence-corrected chi connectivity index (χ1v) is 6.46. The average Bonchev–Trinajstić information content (AvgIpc) is 2.23. The van der Waals surface area contributed by atoms with Crippen molar-refractivity contribution < 1.29 is 19.4 Å². The van der Waals surface area contributed by atoms with Crippen LogP contribution in [0.5, 0.6) is 0 Å². The maximum Gasteiger partial charge on any atom is 0.309 e. The fourth-order valence-electron chi connectivity index (χ4n) is 2.28. The van der Waals surface area contributed by atoms with Gasteiger partial charge in [-0.3, -0.25) is 4.79 Å². The molecule has 4 heteroatoms. The van der Waals surface area contributed by atoms with E-state index in [-0.39, 0.29) is 18.1 Å². The lowest BCUT2D eigenvalue weighted by Crippen LogP contribution is -2.36. The molecule has 1 saturated carbocycles. The molecule has 0 saturated heterocycles. The Morgan fingerprint density at radius 2 is 2.06 bits per heavy atom. The summed E-state index contributed by atoms with van der Waals surface area (Å²) in [5.41, 5.74) is 0. The molecular formula is C13H24O4. The summed E-state index contributed by atoms with van der Waals surface area (Å²) in [5.74, 6) is -0.515. The molecule has 0 aliphatic heterocycles. The highest BCUT2D eigenvalue weighted by molar-refractivity contribution is 5.70. The summed E-state index contributed by atoms with van der Waals surface area (Å²) in [5, 5.41) is 9.13. The molecule has 100 valence electrons. The van der Waals surface area contributed by atoms with Crippen LogP contribution in [0.4, 0.5) is 0 Å². The fourth-order valence-corrected chi connectivity index (χ4v) is 2.28. The van der Waals surface area contributed by atoms with Crippen LogP contribution in [-0.2, 0) is 14.3 Å². The van der Waals surface area contributed by atoms with E-state index in [0.29, 0.717) is 19.1 Å². The van der Waals surface area contributed by atoms with Crippen molar-refractivity contribution in [2.45, 2.75) is 52.2 Å². The average molecular weight is 244 g/mol. The van der Waals surface area contributed by atoms with Gasteiger partial charge in [0.25, 0.3) is 0 Å². The molecule has 0 aromatic rings. The lowest BCUT2D eigenvalue weighted by molar-refractivity contribution is -0.151. The maximum absolute atomic E-state index is 11.1. The molecule has 0 heterocycles. The third-order valence-electron chi connectivity index (χ3n) is 3.24. The lowest BCUT2D eigenvalue weighted by atomic mass is 9.80. The Hall–Kier alpha value is -0.610. The number of rotatable bonds is 6. The molecule has 3 unspecified atom stereocenters. The van der Waals surface area contributed by atoms with Crippen LogP contribution in [0.2, 0.25) is 0 Å². The van der Waals surface area contributed by atoms with Gasteiger partial charge in [0.05, 0.1) is 31.3 Å². The standard InChI is InChI=1S/C13H24O4/c1-9(2)16-6-7-17-12-8-10(3)4-5-11(12)13(14)15/h9-12H,4-8H2,1-3H3,(H,14,15). The Morgan fingerprint density at radius 1 is 1.35 bits per heavy atom. The smallest absolute Gasteiger partial charge is 0.309 e. The van der Waals surface area contributed by atoms with E-state index in [1.807, 2.05) is 13.8 Å². The van der Waals surface area contributed by atoms with Gasteiger partial charge in [-0.25, -0.2) is 0 Å². The second-order valence-electron chi connectivity index (χ2n) is 5.19. The first-order valence-electron chi connectivity index (χ1n) is 6.46. The number of aliphatic carboxylic acids is 1. The number of hydrogen-bond acceptors (Lipinski definition) is 3. The first kappa shape index (κ1) is 14.5. The first-order chi connectivity index (χ1) is 8.00. The van der Waals surface area contributed by atoms with Crippen LogP contribution in [0, 0.1) is 11.8 Å². The highest BCUT2D eigenvalue weighted by Gasteiger charge is 2.34. The molecule has 0 radical (unpaired) electrons. The molecule has 1 N–H and O–H groups in total. The van der Waals surface area contributed by atoms with Crippen LogP contribution in [0.3, 0.4) is 0 Å². The highest BCUT2D eigenvalue weighted by atomic mass is 16.5. The minimum atomic E-state index is -0.730. The predicted octanol–water partition coefficient (Wildman–Crippen LogP) is 2.32. The largest absolute Gasteiger partial charge is 0.481 e. The van der Waals surface area contributed by atoms with E-state index in [0.717, 1.165) is 19.3 Å². The van der Waals surface area contributed by atoms with Crippen molar-refractivity contribution in [3.63, 3.8) is 0 Å². The van der Waals surface area contributed by atoms with E-state index in [1.165, 1.54) is 0 Å². The Kier molecular flexibility index (Phi) is 5.92. The zero-order chi connectivity index (χ0) is 12.8. The summed E-state index contributed by atoms with van der Waals surface area (Å²) in [4.78, 5) is 11.1. The van der Waals surface area contributed by atoms with Crippen molar-refractivity contribution in [1.82, 2.24) is 0 Å². The number of ether oxygens (including phenoxy) is 2. The van der Waals surface area contributed by atoms with Gasteiger partial charge in [-0.2, -0.15) is 0 Å². The van der Waals surface area contributed by atoms with Crippen LogP contribution >= 0.6 is 0 Å². The predicted molar refractivity (Wildman–Crippen MR) is 65.0 cm³/mol. The quantitative estimate of drug-likeness (QED) is 0.728. The van der Waals surface area contributed by atoms with Gasteiger partial charge in [0.1, 0.15) is 0 Å². The fraction of sp³-hybridized carbons (Fsp3) is 0.923. The molecule has 17 heavy (non-hydrogen) atoms. The number of hydrogen-bond donors (Lipinski definition) is 1. The summed E-state index contributed by atoms with van der Waals surface area (Å²) >= 11 is 0. The summed E-state index contributed by atoms with van der Waals surface area (Å²) in [6.45, 7) is 7.12. The Bertz CT molecular complexity index is 240. The summed E-state index contributed by atoms with van der Waals surface area (Å²) < 4.78 is 11.1. The van der Waals surface area contributed by atoms with Crippen molar-refractivity contribution >= 4 is 5.97 Å². The monoisotopic (exact) mass is 244 g/mol. The van der Waals surface area contributed by atoms with E-state index in [2.05, 4.69) is 6.92 Å². The van der Waals surface area contributed by atoms with Gasteiger partial charge in [0, 0.05) is 0 Å². The second-order valence-corrected chi connectivity index (χ2v) is 5.19. The summed E-state index contributed by atoms with van der Waals surface area (Å²) in [6, 6.07) is 0. The van der Waals surface area contributed by atoms with E-state index >= 15 is 0 Å². The zero-order valence-electron chi connectivity index (χ0n) is 11.0. The van der Waals surface area contributed by atoms with Crippen LogP contribution in [0.15, 0.2) is 0 Å². The maximum atomic E-state index is 11.1. The molecule has 1 fully saturated rings. The van der Waals surface area contributed by atoms with Gasteiger partial charge in [-0.05, 0) is 39.0 Å². The van der Waals surface area contributed by atoms with Gasteiger partial charge in [-0.15, -0.1) is 0 Å². The number of carboxylic acid groups (broad SMARTS) is 1. The molecule has 1 aliphatic rings.